The van der Waals surface area contributed by atoms with Gasteiger partial charge in [0.25, 0.3) is 5.91 Å². The van der Waals surface area contributed by atoms with Gasteiger partial charge < -0.3 is 5.32 Å². The molecule has 0 unspecified atom stereocenters. The molecule has 5 nitrogen and oxygen atoms in total. The fraction of sp³-hybridized carbons (Fsp3) is 0.381. The van der Waals surface area contributed by atoms with E-state index in [1.165, 1.54) is 16.4 Å². The molecule has 1 amide bonds. The van der Waals surface area contributed by atoms with E-state index < -0.39 is 10.0 Å². The topological polar surface area (TPSA) is 66.5 Å². The molecule has 28 heavy (non-hydrogen) atoms. The summed E-state index contributed by atoms with van der Waals surface area (Å²) in [6.07, 6.45) is 3.74. The fourth-order valence-corrected chi connectivity index (χ4v) is 5.27. The summed E-state index contributed by atoms with van der Waals surface area (Å²) in [5.41, 5.74) is 2.41. The number of carbonyl (C=O) groups excluding carboxylic acids is 1. The Balaban J connectivity index is 1.78. The molecule has 1 heterocycles. The third-order valence-electron chi connectivity index (χ3n) is 4.95. The predicted molar refractivity (Wildman–Crippen MR) is 111 cm³/mol. The van der Waals surface area contributed by atoms with Gasteiger partial charge in [0.05, 0.1) is 5.02 Å². The molecule has 1 saturated heterocycles. The van der Waals surface area contributed by atoms with Gasteiger partial charge in [-0.2, -0.15) is 4.31 Å². The van der Waals surface area contributed by atoms with Gasteiger partial charge in [0.15, 0.2) is 0 Å². The molecular weight excluding hydrogens is 396 g/mol. The Hall–Kier alpha value is -1.89. The Morgan fingerprint density at radius 1 is 1.04 bits per heavy atom. The van der Waals surface area contributed by atoms with Gasteiger partial charge in [-0.3, -0.25) is 4.79 Å². The highest BCUT2D eigenvalue weighted by atomic mass is 35.5. The monoisotopic (exact) mass is 420 g/mol. The molecule has 1 aliphatic heterocycles. The number of benzene rings is 2. The Labute approximate surface area is 171 Å². The number of hydrogen-bond donors (Lipinski definition) is 1. The van der Waals surface area contributed by atoms with E-state index in [0.29, 0.717) is 19.6 Å². The van der Waals surface area contributed by atoms with Crippen LogP contribution in [-0.2, 0) is 16.6 Å². The molecule has 150 valence electrons. The van der Waals surface area contributed by atoms with E-state index in [1.807, 2.05) is 31.2 Å². The van der Waals surface area contributed by atoms with Gasteiger partial charge in [0.1, 0.15) is 4.90 Å². The Bertz CT molecular complexity index is 935. The van der Waals surface area contributed by atoms with Crippen LogP contribution in [0.5, 0.6) is 0 Å². The number of aryl methyl sites for hydroxylation is 1. The highest BCUT2D eigenvalue weighted by molar-refractivity contribution is 7.89. The summed E-state index contributed by atoms with van der Waals surface area (Å²) in [7, 11) is -3.72. The van der Waals surface area contributed by atoms with Crippen LogP contribution in [0.3, 0.4) is 0 Å². The number of hydrogen-bond acceptors (Lipinski definition) is 3. The van der Waals surface area contributed by atoms with Crippen LogP contribution in [0, 0.1) is 6.92 Å². The van der Waals surface area contributed by atoms with Crippen molar-refractivity contribution in [2.45, 2.75) is 44.0 Å². The van der Waals surface area contributed by atoms with Crippen LogP contribution in [0.4, 0.5) is 0 Å². The lowest BCUT2D eigenvalue weighted by Gasteiger charge is -2.21. The molecule has 1 aliphatic rings. The maximum atomic E-state index is 13.1. The van der Waals surface area contributed by atoms with Crippen molar-refractivity contribution >= 4 is 27.5 Å². The third-order valence-corrected chi connectivity index (χ3v) is 7.33. The van der Waals surface area contributed by atoms with Gasteiger partial charge in [0, 0.05) is 25.2 Å². The summed E-state index contributed by atoms with van der Waals surface area (Å²) in [5, 5.41) is 2.97. The maximum absolute atomic E-state index is 13.1. The van der Waals surface area contributed by atoms with Gasteiger partial charge in [0.2, 0.25) is 10.0 Å². The molecule has 0 aromatic heterocycles. The summed E-state index contributed by atoms with van der Waals surface area (Å²) in [6, 6.07) is 12.3. The molecule has 7 heteroatoms. The quantitative estimate of drug-likeness (QED) is 0.790. The van der Waals surface area contributed by atoms with E-state index in [2.05, 4.69) is 5.32 Å². The van der Waals surface area contributed by atoms with Crippen LogP contribution in [0.15, 0.2) is 47.4 Å². The summed E-state index contributed by atoms with van der Waals surface area (Å²) in [5.74, 6) is -0.329. The molecule has 2 aromatic rings. The van der Waals surface area contributed by atoms with E-state index in [-0.39, 0.29) is 21.4 Å². The van der Waals surface area contributed by atoms with Crippen LogP contribution in [0.1, 0.15) is 47.2 Å². The zero-order chi connectivity index (χ0) is 20.1. The standard InChI is InChI=1S/C21H25ClN2O3S/c1-16-6-8-17(9-7-16)15-23-21(25)18-10-11-19(22)20(14-18)28(26,27)24-12-4-2-3-5-13-24/h6-11,14H,2-5,12-13,15H2,1H3,(H,23,25). The van der Waals surface area contributed by atoms with E-state index in [0.717, 1.165) is 36.8 Å². The molecule has 0 atom stereocenters. The smallest absolute Gasteiger partial charge is 0.251 e. The molecule has 1 N–H and O–H groups in total. The van der Waals surface area contributed by atoms with E-state index >= 15 is 0 Å². The molecule has 3 rings (SSSR count). The van der Waals surface area contributed by atoms with Crippen LogP contribution < -0.4 is 5.32 Å². The highest BCUT2D eigenvalue weighted by Crippen LogP contribution is 2.27. The lowest BCUT2D eigenvalue weighted by molar-refractivity contribution is 0.0950. The Morgan fingerprint density at radius 3 is 2.32 bits per heavy atom. The number of rotatable bonds is 5. The van der Waals surface area contributed by atoms with Crippen molar-refractivity contribution < 1.29 is 13.2 Å². The average molecular weight is 421 g/mol. The minimum absolute atomic E-state index is 0.000877. The minimum Gasteiger partial charge on any atom is -0.348 e. The van der Waals surface area contributed by atoms with Crippen LogP contribution in [-0.4, -0.2) is 31.7 Å². The number of nitrogens with one attached hydrogen (secondary N) is 1. The third kappa shape index (κ3) is 4.93. The van der Waals surface area contributed by atoms with Crippen LogP contribution >= 0.6 is 11.6 Å². The second-order valence-corrected chi connectivity index (χ2v) is 9.45. The number of sulfonamides is 1. The number of carbonyl (C=O) groups is 1. The first kappa shape index (κ1) is 20.8. The van der Waals surface area contributed by atoms with Gasteiger partial charge in [-0.25, -0.2) is 8.42 Å². The number of halogens is 1. The molecule has 0 saturated carbocycles. The number of amides is 1. The van der Waals surface area contributed by atoms with Crippen LogP contribution in [0.2, 0.25) is 5.02 Å². The SMILES string of the molecule is Cc1ccc(CNC(=O)c2ccc(Cl)c(S(=O)(=O)N3CCCCCC3)c2)cc1. The van der Waals surface area contributed by atoms with E-state index in [4.69, 9.17) is 11.6 Å². The van der Waals surface area contributed by atoms with Gasteiger partial charge in [-0.15, -0.1) is 0 Å². The highest BCUT2D eigenvalue weighted by Gasteiger charge is 2.28. The summed E-state index contributed by atoms with van der Waals surface area (Å²) in [6.45, 7) is 3.35. The molecule has 0 spiro atoms. The van der Waals surface area contributed by atoms with Crippen molar-refractivity contribution in [1.29, 1.82) is 0 Å². The Kier molecular flexibility index (Phi) is 6.75. The second-order valence-electron chi connectivity index (χ2n) is 7.13. The van der Waals surface area contributed by atoms with Crippen molar-refractivity contribution in [1.82, 2.24) is 9.62 Å². The fourth-order valence-electron chi connectivity index (χ4n) is 3.25. The van der Waals surface area contributed by atoms with Crippen LogP contribution in [0.25, 0.3) is 0 Å². The zero-order valence-corrected chi connectivity index (χ0v) is 17.5. The lowest BCUT2D eigenvalue weighted by Crippen LogP contribution is -2.32. The first-order valence-electron chi connectivity index (χ1n) is 9.51. The normalized spacial score (nSPS) is 15.8. The largest absolute Gasteiger partial charge is 0.348 e. The van der Waals surface area contributed by atoms with Crippen molar-refractivity contribution in [3.05, 3.63) is 64.2 Å². The molecule has 0 bridgehead atoms. The molecular formula is C21H25ClN2O3S. The van der Waals surface area contributed by atoms with Crippen molar-refractivity contribution in [2.75, 3.05) is 13.1 Å². The predicted octanol–water partition coefficient (Wildman–Crippen LogP) is 4.14. The van der Waals surface area contributed by atoms with Crippen molar-refractivity contribution in [3.63, 3.8) is 0 Å². The first-order chi connectivity index (χ1) is 13.4. The molecule has 0 aliphatic carbocycles. The van der Waals surface area contributed by atoms with Crippen molar-refractivity contribution in [2.24, 2.45) is 0 Å². The lowest BCUT2D eigenvalue weighted by atomic mass is 10.1. The van der Waals surface area contributed by atoms with Gasteiger partial charge >= 0.3 is 0 Å². The van der Waals surface area contributed by atoms with E-state index in [9.17, 15) is 13.2 Å². The summed E-state index contributed by atoms with van der Waals surface area (Å²) >= 11 is 6.20. The molecule has 1 fully saturated rings. The van der Waals surface area contributed by atoms with Gasteiger partial charge in [-0.05, 0) is 43.5 Å². The molecule has 0 radical (unpaired) electrons. The second kappa shape index (κ2) is 9.07. The Morgan fingerprint density at radius 2 is 1.68 bits per heavy atom. The first-order valence-corrected chi connectivity index (χ1v) is 11.3. The average Bonchev–Trinajstić information content (AvgIpc) is 2.97. The zero-order valence-electron chi connectivity index (χ0n) is 15.9. The maximum Gasteiger partial charge on any atom is 0.251 e. The summed E-state index contributed by atoms with van der Waals surface area (Å²) in [4.78, 5) is 12.5. The van der Waals surface area contributed by atoms with E-state index in [1.54, 1.807) is 6.07 Å². The minimum atomic E-state index is -3.72. The van der Waals surface area contributed by atoms with Crippen molar-refractivity contribution in [3.8, 4) is 0 Å². The summed E-state index contributed by atoms with van der Waals surface area (Å²) < 4.78 is 27.6. The molecule has 2 aromatic carbocycles. The number of nitrogens with zero attached hydrogens (tertiary/aromatic N) is 1. The van der Waals surface area contributed by atoms with Gasteiger partial charge in [-0.1, -0.05) is 54.3 Å².